The number of esters is 1. The van der Waals surface area contributed by atoms with Crippen molar-refractivity contribution < 1.29 is 32.9 Å². The molecular weight excluding hydrogens is 370 g/mol. The summed E-state index contributed by atoms with van der Waals surface area (Å²) in [6.07, 6.45) is -3.78. The van der Waals surface area contributed by atoms with Crippen LogP contribution in [0.15, 0.2) is 66.4 Å². The number of aliphatic hydroxyl groups excluding tert-OH is 1. The highest BCUT2D eigenvalue weighted by molar-refractivity contribution is 5.76. The number of ether oxygens (including phenoxy) is 3. The smallest absolute Gasteiger partial charge is 0.319 e. The summed E-state index contributed by atoms with van der Waals surface area (Å²) in [5.41, 5.74) is 0.892. The fraction of sp³-hybridized carbons (Fsp3) is 0.286. The molecule has 0 heterocycles. The summed E-state index contributed by atoms with van der Waals surface area (Å²) in [6, 6.07) is 14.7. The maximum atomic E-state index is 13.7. The van der Waals surface area contributed by atoms with Gasteiger partial charge in [0, 0.05) is 0 Å². The van der Waals surface area contributed by atoms with Gasteiger partial charge in [0.15, 0.2) is 5.76 Å². The molecule has 0 radical (unpaired) electrons. The van der Waals surface area contributed by atoms with E-state index in [0.29, 0.717) is 11.3 Å². The van der Waals surface area contributed by atoms with Crippen LogP contribution in [0.2, 0.25) is 0 Å². The van der Waals surface area contributed by atoms with E-state index in [0.717, 1.165) is 0 Å². The van der Waals surface area contributed by atoms with E-state index in [2.05, 4.69) is 0 Å². The SMILES string of the molecule is CCOC(=O)[C@H](C(OCc1ccccc1)=C(F)F)[C@@H](O)c1ccc(OC)cc1. The lowest BCUT2D eigenvalue weighted by Gasteiger charge is -2.24. The molecule has 0 unspecified atom stereocenters. The van der Waals surface area contributed by atoms with Crippen LogP contribution in [0.4, 0.5) is 8.78 Å². The maximum Gasteiger partial charge on any atom is 0.319 e. The fourth-order valence-corrected chi connectivity index (χ4v) is 2.60. The minimum atomic E-state index is -2.19. The van der Waals surface area contributed by atoms with Crippen LogP contribution in [0.3, 0.4) is 0 Å². The first kappa shape index (κ1) is 21.4. The van der Waals surface area contributed by atoms with Crippen LogP contribution in [0, 0.1) is 5.92 Å². The predicted octanol–water partition coefficient (Wildman–Crippen LogP) is 4.23. The average molecular weight is 392 g/mol. The van der Waals surface area contributed by atoms with Gasteiger partial charge in [0.25, 0.3) is 0 Å². The number of halogens is 2. The van der Waals surface area contributed by atoms with E-state index in [1.807, 2.05) is 0 Å². The fourth-order valence-electron chi connectivity index (χ4n) is 2.60. The van der Waals surface area contributed by atoms with Crippen molar-refractivity contribution in [1.29, 1.82) is 0 Å². The van der Waals surface area contributed by atoms with Gasteiger partial charge in [0.05, 0.1) is 19.8 Å². The molecule has 0 fully saturated rings. The topological polar surface area (TPSA) is 65.0 Å². The summed E-state index contributed by atoms with van der Waals surface area (Å²) in [7, 11) is 1.48. The van der Waals surface area contributed by atoms with Crippen LogP contribution in [0.25, 0.3) is 0 Å². The zero-order chi connectivity index (χ0) is 20.5. The molecule has 0 saturated heterocycles. The Morgan fingerprint density at radius 1 is 1.04 bits per heavy atom. The minimum absolute atomic E-state index is 0.0233. The van der Waals surface area contributed by atoms with Crippen molar-refractivity contribution in [2.75, 3.05) is 13.7 Å². The summed E-state index contributed by atoms with van der Waals surface area (Å²) in [5, 5.41) is 10.7. The highest BCUT2D eigenvalue weighted by Gasteiger charge is 2.37. The Hall–Kier alpha value is -2.93. The van der Waals surface area contributed by atoms with Crippen LogP contribution in [-0.2, 0) is 20.9 Å². The standard InChI is InChI=1S/C21H22F2O5/c1-3-27-21(25)17(18(24)15-9-11-16(26-2)12-10-15)19(20(22)23)28-13-14-7-5-4-6-8-14/h4-12,17-18,24H,3,13H2,1-2H3/t17-,18-/m0/s1. The van der Waals surface area contributed by atoms with Gasteiger partial charge in [-0.1, -0.05) is 42.5 Å². The number of hydrogen-bond acceptors (Lipinski definition) is 5. The Bertz CT molecular complexity index is 786. The second-order valence-electron chi connectivity index (χ2n) is 5.85. The average Bonchev–Trinajstić information content (AvgIpc) is 2.71. The van der Waals surface area contributed by atoms with E-state index < -0.39 is 29.8 Å². The highest BCUT2D eigenvalue weighted by Crippen LogP contribution is 2.34. The number of hydrogen-bond donors (Lipinski definition) is 1. The molecule has 0 aliphatic carbocycles. The van der Waals surface area contributed by atoms with Crippen molar-refractivity contribution in [1.82, 2.24) is 0 Å². The molecule has 0 aliphatic rings. The minimum Gasteiger partial charge on any atom is -0.497 e. The second kappa shape index (κ2) is 10.4. The lowest BCUT2D eigenvalue weighted by Crippen LogP contribution is -2.28. The first-order chi connectivity index (χ1) is 13.5. The first-order valence-corrected chi connectivity index (χ1v) is 8.68. The van der Waals surface area contributed by atoms with Crippen LogP contribution in [0.5, 0.6) is 5.75 Å². The molecule has 0 spiro atoms. The number of carbonyl (C=O) groups excluding carboxylic acids is 1. The molecule has 2 rings (SSSR count). The Labute approximate surface area is 162 Å². The molecular formula is C21H22F2O5. The largest absolute Gasteiger partial charge is 0.497 e. The van der Waals surface area contributed by atoms with E-state index in [1.54, 1.807) is 49.4 Å². The molecule has 0 aliphatic heterocycles. The van der Waals surface area contributed by atoms with Crippen molar-refractivity contribution >= 4 is 5.97 Å². The number of methoxy groups -OCH3 is 1. The lowest BCUT2D eigenvalue weighted by atomic mass is 9.94. The van der Waals surface area contributed by atoms with Crippen LogP contribution < -0.4 is 4.74 Å². The van der Waals surface area contributed by atoms with E-state index >= 15 is 0 Å². The van der Waals surface area contributed by atoms with Gasteiger partial charge >= 0.3 is 12.0 Å². The summed E-state index contributed by atoms with van der Waals surface area (Å²) in [6.45, 7) is 1.35. The molecule has 2 atom stereocenters. The highest BCUT2D eigenvalue weighted by atomic mass is 19.3. The van der Waals surface area contributed by atoms with Crippen molar-refractivity contribution in [3.63, 3.8) is 0 Å². The maximum absolute atomic E-state index is 13.7. The van der Waals surface area contributed by atoms with Crippen LogP contribution in [-0.4, -0.2) is 24.8 Å². The first-order valence-electron chi connectivity index (χ1n) is 8.68. The number of benzene rings is 2. The molecule has 150 valence electrons. The quantitative estimate of drug-likeness (QED) is 0.511. The van der Waals surface area contributed by atoms with Crippen molar-refractivity contribution in [3.8, 4) is 5.75 Å². The van der Waals surface area contributed by atoms with E-state index in [-0.39, 0.29) is 18.8 Å². The molecule has 2 aromatic rings. The monoisotopic (exact) mass is 392 g/mol. The van der Waals surface area contributed by atoms with Crippen LogP contribution in [0.1, 0.15) is 24.2 Å². The van der Waals surface area contributed by atoms with Gasteiger partial charge < -0.3 is 19.3 Å². The van der Waals surface area contributed by atoms with E-state index in [9.17, 15) is 18.7 Å². The third-order valence-electron chi connectivity index (χ3n) is 4.02. The van der Waals surface area contributed by atoms with Gasteiger partial charge in [-0.25, -0.2) is 0 Å². The van der Waals surface area contributed by atoms with Gasteiger partial charge in [-0.05, 0) is 30.2 Å². The summed E-state index contributed by atoms with van der Waals surface area (Å²) in [4.78, 5) is 12.4. The molecule has 0 bridgehead atoms. The Kier molecular flexibility index (Phi) is 7.95. The molecule has 2 aromatic carbocycles. The lowest BCUT2D eigenvalue weighted by molar-refractivity contribution is -0.152. The summed E-state index contributed by atoms with van der Waals surface area (Å²) < 4.78 is 42.5. The molecule has 5 nitrogen and oxygen atoms in total. The summed E-state index contributed by atoms with van der Waals surface area (Å²) >= 11 is 0. The molecule has 1 N–H and O–H groups in total. The van der Waals surface area contributed by atoms with Gasteiger partial charge in [0.1, 0.15) is 18.3 Å². The number of carbonyl (C=O) groups is 1. The van der Waals surface area contributed by atoms with Gasteiger partial charge in [-0.3, -0.25) is 4.79 Å². The van der Waals surface area contributed by atoms with Crippen molar-refractivity contribution in [2.45, 2.75) is 19.6 Å². The predicted molar refractivity (Wildman–Crippen MR) is 98.5 cm³/mol. The van der Waals surface area contributed by atoms with E-state index in [1.165, 1.54) is 19.2 Å². The van der Waals surface area contributed by atoms with Crippen LogP contribution >= 0.6 is 0 Å². The Morgan fingerprint density at radius 2 is 1.68 bits per heavy atom. The zero-order valence-electron chi connectivity index (χ0n) is 15.6. The Balaban J connectivity index is 2.32. The van der Waals surface area contributed by atoms with Crippen molar-refractivity contribution in [2.24, 2.45) is 5.92 Å². The van der Waals surface area contributed by atoms with Gasteiger partial charge in [-0.15, -0.1) is 0 Å². The molecule has 28 heavy (non-hydrogen) atoms. The summed E-state index contributed by atoms with van der Waals surface area (Å²) in [5.74, 6) is -3.09. The van der Waals surface area contributed by atoms with Crippen molar-refractivity contribution in [3.05, 3.63) is 77.6 Å². The number of rotatable bonds is 9. The third-order valence-corrected chi connectivity index (χ3v) is 4.02. The van der Waals surface area contributed by atoms with Gasteiger partial charge in [0.2, 0.25) is 0 Å². The van der Waals surface area contributed by atoms with E-state index in [4.69, 9.17) is 14.2 Å². The Morgan fingerprint density at radius 3 is 2.21 bits per heavy atom. The molecule has 0 amide bonds. The van der Waals surface area contributed by atoms with Gasteiger partial charge in [-0.2, -0.15) is 8.78 Å². The third kappa shape index (κ3) is 5.53. The molecule has 7 heteroatoms. The number of aliphatic hydroxyl groups is 1. The zero-order valence-corrected chi connectivity index (χ0v) is 15.6. The normalized spacial score (nSPS) is 12.6. The second-order valence-corrected chi connectivity index (χ2v) is 5.85. The molecule has 0 aromatic heterocycles. The molecule has 0 saturated carbocycles.